The Hall–Kier alpha value is 0.260. The second-order valence-electron chi connectivity index (χ2n) is 2.48. The SMILES string of the molecule is CC1OC(C)(O)C(O)=C1O.[NaH]. The van der Waals surface area contributed by atoms with Crippen LogP contribution >= 0.6 is 0 Å². The van der Waals surface area contributed by atoms with Gasteiger partial charge in [-0.1, -0.05) is 0 Å². The van der Waals surface area contributed by atoms with Crippen LogP contribution in [0.25, 0.3) is 0 Å². The van der Waals surface area contributed by atoms with Gasteiger partial charge in [0.05, 0.1) is 0 Å². The second kappa shape index (κ2) is 3.33. The van der Waals surface area contributed by atoms with Crippen LogP contribution in [-0.4, -0.2) is 56.8 Å². The van der Waals surface area contributed by atoms with E-state index < -0.39 is 17.7 Å². The maximum atomic E-state index is 9.11. The van der Waals surface area contributed by atoms with Crippen molar-refractivity contribution in [2.75, 3.05) is 0 Å². The van der Waals surface area contributed by atoms with Gasteiger partial charge in [-0.3, -0.25) is 0 Å². The first-order valence-corrected chi connectivity index (χ1v) is 2.98. The van der Waals surface area contributed by atoms with Crippen molar-refractivity contribution in [1.82, 2.24) is 0 Å². The van der Waals surface area contributed by atoms with E-state index in [2.05, 4.69) is 0 Å². The standard InChI is InChI=1S/C6H10O4.Na.H/c1-3-4(7)5(8)6(2,9)10-3;;/h3,7-9H,1-2H3;;. The minimum atomic E-state index is -1.72. The Morgan fingerprint density at radius 1 is 1.45 bits per heavy atom. The van der Waals surface area contributed by atoms with Crippen LogP contribution in [0.4, 0.5) is 0 Å². The Balaban J connectivity index is 0.000001000. The first-order chi connectivity index (χ1) is 4.45. The van der Waals surface area contributed by atoms with Crippen molar-refractivity contribution in [3.63, 3.8) is 0 Å². The molecule has 5 heteroatoms. The van der Waals surface area contributed by atoms with Gasteiger partial charge in [-0.15, -0.1) is 0 Å². The Morgan fingerprint density at radius 3 is 2.00 bits per heavy atom. The van der Waals surface area contributed by atoms with Gasteiger partial charge >= 0.3 is 29.6 Å². The van der Waals surface area contributed by atoms with Crippen molar-refractivity contribution in [2.45, 2.75) is 25.7 Å². The second-order valence-corrected chi connectivity index (χ2v) is 2.48. The molecule has 1 aliphatic heterocycles. The van der Waals surface area contributed by atoms with Crippen molar-refractivity contribution in [2.24, 2.45) is 0 Å². The average Bonchev–Trinajstić information content (AvgIpc) is 1.95. The van der Waals surface area contributed by atoms with E-state index in [9.17, 15) is 0 Å². The van der Waals surface area contributed by atoms with Gasteiger partial charge in [0.15, 0.2) is 11.5 Å². The molecule has 0 aromatic heterocycles. The summed E-state index contributed by atoms with van der Waals surface area (Å²) in [4.78, 5) is 0. The van der Waals surface area contributed by atoms with E-state index in [1.54, 1.807) is 0 Å². The molecule has 0 radical (unpaired) electrons. The Kier molecular flexibility index (Phi) is 3.41. The average molecular weight is 170 g/mol. The summed E-state index contributed by atoms with van der Waals surface area (Å²) in [6, 6.07) is 0. The molecule has 0 amide bonds. The summed E-state index contributed by atoms with van der Waals surface area (Å²) < 4.78 is 4.75. The predicted octanol–water partition coefficient (Wildman–Crippen LogP) is -0.207. The number of rotatable bonds is 0. The minimum absolute atomic E-state index is 0. The van der Waals surface area contributed by atoms with Crippen molar-refractivity contribution in [1.29, 1.82) is 0 Å². The maximum absolute atomic E-state index is 9.11. The zero-order chi connectivity index (χ0) is 7.94. The third-order valence-corrected chi connectivity index (χ3v) is 1.47. The molecule has 1 rings (SSSR count). The zero-order valence-electron chi connectivity index (χ0n) is 5.83. The van der Waals surface area contributed by atoms with Gasteiger partial charge in [-0.2, -0.15) is 0 Å². The summed E-state index contributed by atoms with van der Waals surface area (Å²) >= 11 is 0. The van der Waals surface area contributed by atoms with Crippen LogP contribution in [-0.2, 0) is 4.74 Å². The molecule has 0 aliphatic carbocycles. The first-order valence-electron chi connectivity index (χ1n) is 2.98. The molecule has 0 bridgehead atoms. The van der Waals surface area contributed by atoms with Crippen molar-refractivity contribution < 1.29 is 20.1 Å². The Morgan fingerprint density at radius 2 is 1.91 bits per heavy atom. The summed E-state index contributed by atoms with van der Waals surface area (Å²) in [6.07, 6.45) is -0.630. The van der Waals surface area contributed by atoms with Gasteiger partial charge in [0.2, 0.25) is 5.79 Å². The molecule has 0 fully saturated rings. The van der Waals surface area contributed by atoms with E-state index in [4.69, 9.17) is 20.1 Å². The van der Waals surface area contributed by atoms with Crippen LogP contribution in [0.1, 0.15) is 13.8 Å². The monoisotopic (exact) mass is 170 g/mol. The normalized spacial score (nSPS) is 37.2. The molecule has 0 saturated heterocycles. The summed E-state index contributed by atoms with van der Waals surface area (Å²) in [5.74, 6) is -2.52. The summed E-state index contributed by atoms with van der Waals surface area (Å²) in [6.45, 7) is 2.80. The molecule has 2 unspecified atom stereocenters. The summed E-state index contributed by atoms with van der Waals surface area (Å²) in [5.41, 5.74) is 0. The molecule has 2 atom stereocenters. The van der Waals surface area contributed by atoms with E-state index in [0.29, 0.717) is 0 Å². The van der Waals surface area contributed by atoms with E-state index in [1.165, 1.54) is 13.8 Å². The fraction of sp³-hybridized carbons (Fsp3) is 0.667. The molecule has 11 heavy (non-hydrogen) atoms. The van der Waals surface area contributed by atoms with Gasteiger partial charge in [-0.25, -0.2) is 0 Å². The Bertz CT molecular complexity index is 187. The molecule has 0 aromatic rings. The first kappa shape index (κ1) is 11.3. The number of aliphatic hydroxyl groups is 3. The van der Waals surface area contributed by atoms with Crippen LogP contribution in [0.2, 0.25) is 0 Å². The van der Waals surface area contributed by atoms with Crippen LogP contribution in [0.15, 0.2) is 11.5 Å². The molecular formula is C6H11NaO4. The molecule has 0 aromatic carbocycles. The van der Waals surface area contributed by atoms with Gasteiger partial charge < -0.3 is 20.1 Å². The molecule has 1 heterocycles. The van der Waals surface area contributed by atoms with Crippen LogP contribution in [0.3, 0.4) is 0 Å². The molecule has 0 saturated carbocycles. The van der Waals surface area contributed by atoms with E-state index in [0.717, 1.165) is 0 Å². The van der Waals surface area contributed by atoms with Crippen LogP contribution in [0, 0.1) is 0 Å². The molecule has 4 nitrogen and oxygen atoms in total. The fourth-order valence-electron chi connectivity index (χ4n) is 0.886. The molecule has 3 N–H and O–H groups in total. The zero-order valence-corrected chi connectivity index (χ0v) is 5.83. The number of hydrogen-bond acceptors (Lipinski definition) is 4. The topological polar surface area (TPSA) is 69.9 Å². The molecular weight excluding hydrogens is 159 g/mol. The van der Waals surface area contributed by atoms with Gasteiger partial charge in [0.1, 0.15) is 6.10 Å². The van der Waals surface area contributed by atoms with Gasteiger partial charge in [0, 0.05) is 0 Å². The van der Waals surface area contributed by atoms with Crippen LogP contribution < -0.4 is 0 Å². The van der Waals surface area contributed by atoms with E-state index >= 15 is 0 Å². The summed E-state index contributed by atoms with van der Waals surface area (Å²) in [5, 5.41) is 27.0. The van der Waals surface area contributed by atoms with Crippen molar-refractivity contribution >= 4 is 29.6 Å². The third-order valence-electron chi connectivity index (χ3n) is 1.47. The predicted molar refractivity (Wildman–Crippen MR) is 40.6 cm³/mol. The van der Waals surface area contributed by atoms with Crippen LogP contribution in [0.5, 0.6) is 0 Å². The van der Waals surface area contributed by atoms with E-state index in [1.807, 2.05) is 0 Å². The molecule has 0 spiro atoms. The van der Waals surface area contributed by atoms with Crippen molar-refractivity contribution in [3.05, 3.63) is 11.5 Å². The number of aliphatic hydroxyl groups excluding tert-OH is 2. The number of hydrogen-bond donors (Lipinski definition) is 3. The Labute approximate surface area is 86.8 Å². The third kappa shape index (κ3) is 1.89. The van der Waals surface area contributed by atoms with Gasteiger partial charge in [0.25, 0.3) is 0 Å². The molecule has 60 valence electrons. The summed E-state index contributed by atoms with van der Waals surface area (Å²) in [7, 11) is 0. The van der Waals surface area contributed by atoms with Crippen molar-refractivity contribution in [3.8, 4) is 0 Å². The molecule has 1 aliphatic rings. The fourth-order valence-corrected chi connectivity index (χ4v) is 0.886. The van der Waals surface area contributed by atoms with Gasteiger partial charge in [-0.05, 0) is 13.8 Å². The van der Waals surface area contributed by atoms with E-state index in [-0.39, 0.29) is 35.3 Å². The number of ether oxygens (including phenoxy) is 1. The quantitative estimate of drug-likeness (QED) is 0.440.